The predicted molar refractivity (Wildman–Crippen MR) is 102 cm³/mol. The number of anilines is 1. The second-order valence-corrected chi connectivity index (χ2v) is 10.1. The predicted octanol–water partition coefficient (Wildman–Crippen LogP) is 2.11. The lowest BCUT2D eigenvalue weighted by Gasteiger charge is -2.26. The average Bonchev–Trinajstić information content (AvgIpc) is 2.99. The van der Waals surface area contributed by atoms with Crippen LogP contribution in [0.5, 0.6) is 0 Å². The highest BCUT2D eigenvalue weighted by Crippen LogP contribution is 2.42. The van der Waals surface area contributed by atoms with Gasteiger partial charge in [-0.15, -0.1) is 0 Å². The largest absolute Gasteiger partial charge is 0.481 e. The van der Waals surface area contributed by atoms with Gasteiger partial charge in [0.15, 0.2) is 15.0 Å². The van der Waals surface area contributed by atoms with Gasteiger partial charge in [-0.1, -0.05) is 29.4 Å². The monoisotopic (exact) mass is 416 g/mol. The number of sulfone groups is 1. The highest BCUT2D eigenvalue weighted by atomic mass is 35.5. The van der Waals surface area contributed by atoms with E-state index in [2.05, 4.69) is 4.99 Å². The Bertz CT molecular complexity index is 900. The Morgan fingerprint density at radius 3 is 2.77 bits per heavy atom. The summed E-state index contributed by atoms with van der Waals surface area (Å²) in [6, 6.07) is 4.96. The first-order valence-electron chi connectivity index (χ1n) is 7.92. The molecule has 0 aliphatic carbocycles. The number of nitrogens with zero attached hydrogens (tertiary/aromatic N) is 2. The van der Waals surface area contributed by atoms with Gasteiger partial charge in [0, 0.05) is 22.4 Å². The van der Waals surface area contributed by atoms with E-state index in [1.54, 1.807) is 17.0 Å². The molecule has 7 nitrogen and oxygen atoms in total. The van der Waals surface area contributed by atoms with E-state index in [4.69, 9.17) is 16.7 Å². The van der Waals surface area contributed by atoms with E-state index in [1.165, 1.54) is 11.8 Å². The fourth-order valence-corrected chi connectivity index (χ4v) is 7.16. The lowest BCUT2D eigenvalue weighted by atomic mass is 10.1. The van der Waals surface area contributed by atoms with Crippen LogP contribution in [-0.2, 0) is 19.4 Å². The highest BCUT2D eigenvalue weighted by molar-refractivity contribution is 8.16. The summed E-state index contributed by atoms with van der Waals surface area (Å²) >= 11 is 7.36. The molecule has 3 rings (SSSR count). The van der Waals surface area contributed by atoms with Gasteiger partial charge < -0.3 is 10.0 Å². The van der Waals surface area contributed by atoms with Crippen LogP contribution in [0.15, 0.2) is 23.2 Å². The van der Waals surface area contributed by atoms with E-state index in [0.29, 0.717) is 15.9 Å². The molecule has 1 aromatic rings. The van der Waals surface area contributed by atoms with Gasteiger partial charge in [-0.3, -0.25) is 9.59 Å². The second-order valence-electron chi connectivity index (χ2n) is 6.28. The number of carboxylic acid groups (broad SMARTS) is 1. The molecular weight excluding hydrogens is 400 g/mol. The summed E-state index contributed by atoms with van der Waals surface area (Å²) < 4.78 is 24.1. The molecule has 0 bridgehead atoms. The molecule has 0 spiro atoms. The van der Waals surface area contributed by atoms with Crippen LogP contribution >= 0.6 is 23.4 Å². The molecule has 0 aromatic heterocycles. The summed E-state index contributed by atoms with van der Waals surface area (Å²) in [5.74, 6) is -1.59. The summed E-state index contributed by atoms with van der Waals surface area (Å²) in [4.78, 5) is 28.5. The van der Waals surface area contributed by atoms with Crippen LogP contribution in [0.25, 0.3) is 0 Å². The van der Waals surface area contributed by atoms with Gasteiger partial charge in [0.2, 0.25) is 5.91 Å². The number of hydrogen-bond acceptors (Lipinski definition) is 5. The van der Waals surface area contributed by atoms with Crippen molar-refractivity contribution in [3.63, 3.8) is 0 Å². The van der Waals surface area contributed by atoms with Crippen LogP contribution in [0.1, 0.15) is 18.4 Å². The van der Waals surface area contributed by atoms with Crippen molar-refractivity contribution in [2.45, 2.75) is 31.1 Å². The third-order valence-electron chi connectivity index (χ3n) is 4.27. The molecule has 0 radical (unpaired) electrons. The van der Waals surface area contributed by atoms with E-state index in [9.17, 15) is 18.0 Å². The second kappa shape index (κ2) is 7.21. The Balaban J connectivity index is 1.97. The molecule has 2 aliphatic heterocycles. The van der Waals surface area contributed by atoms with Crippen molar-refractivity contribution in [3.05, 3.63) is 28.8 Å². The van der Waals surface area contributed by atoms with E-state index >= 15 is 0 Å². The summed E-state index contributed by atoms with van der Waals surface area (Å²) in [6.45, 7) is 1.87. The third-order valence-corrected chi connectivity index (χ3v) is 7.72. The van der Waals surface area contributed by atoms with Gasteiger partial charge in [0.05, 0.1) is 24.0 Å². The Labute approximate surface area is 160 Å². The van der Waals surface area contributed by atoms with Crippen molar-refractivity contribution in [2.75, 3.05) is 16.4 Å². The zero-order valence-corrected chi connectivity index (χ0v) is 16.3. The molecule has 2 aliphatic rings. The van der Waals surface area contributed by atoms with Gasteiger partial charge >= 0.3 is 5.97 Å². The van der Waals surface area contributed by atoms with Crippen molar-refractivity contribution in [3.8, 4) is 0 Å². The number of aliphatic carboxylic acids is 1. The molecule has 2 heterocycles. The molecule has 10 heteroatoms. The molecule has 1 amide bonds. The zero-order chi connectivity index (χ0) is 19.1. The number of halogens is 1. The van der Waals surface area contributed by atoms with Crippen LogP contribution in [0.3, 0.4) is 0 Å². The summed E-state index contributed by atoms with van der Waals surface area (Å²) in [6.07, 6.45) is -0.493. The van der Waals surface area contributed by atoms with Gasteiger partial charge in [-0.05, 0) is 24.6 Å². The van der Waals surface area contributed by atoms with Crippen molar-refractivity contribution in [1.29, 1.82) is 0 Å². The van der Waals surface area contributed by atoms with Crippen molar-refractivity contribution in [1.82, 2.24) is 0 Å². The number of rotatable bonds is 4. The molecule has 140 valence electrons. The number of amidine groups is 1. The van der Waals surface area contributed by atoms with Crippen molar-refractivity contribution < 1.29 is 23.1 Å². The standard InChI is InChI=1S/C16H17ClN2O5S2/c1-9-2-3-10(17)6-11(9)19-12-7-26(23,24)8-13(12)25-16(19)18-14(20)4-5-15(21)22/h2-3,6,12-13H,4-5,7-8H2,1H3,(H,21,22)/t12-,13-/m0/s1. The summed E-state index contributed by atoms with van der Waals surface area (Å²) in [7, 11) is -3.16. The van der Waals surface area contributed by atoms with Crippen LogP contribution in [0.4, 0.5) is 5.69 Å². The SMILES string of the molecule is Cc1ccc(Cl)cc1N1C(=NC(=O)CCC(=O)O)S[C@H]2CS(=O)(=O)C[C@@H]21. The Hall–Kier alpha value is -1.58. The quantitative estimate of drug-likeness (QED) is 0.801. The maximum Gasteiger partial charge on any atom is 0.303 e. The van der Waals surface area contributed by atoms with Crippen molar-refractivity contribution >= 4 is 55.9 Å². The average molecular weight is 417 g/mol. The minimum Gasteiger partial charge on any atom is -0.481 e. The maximum atomic E-state index is 12.0. The van der Waals surface area contributed by atoms with Crippen LogP contribution < -0.4 is 4.90 Å². The number of aryl methyl sites for hydroxylation is 1. The van der Waals surface area contributed by atoms with Crippen LogP contribution in [0, 0.1) is 6.92 Å². The molecule has 2 saturated heterocycles. The minimum absolute atomic E-state index is 0.0149. The molecule has 0 unspecified atom stereocenters. The van der Waals surface area contributed by atoms with Crippen LogP contribution in [-0.4, -0.2) is 53.4 Å². The van der Waals surface area contributed by atoms with E-state index in [0.717, 1.165) is 5.56 Å². The highest BCUT2D eigenvalue weighted by Gasteiger charge is 2.49. The number of thioether (sulfide) groups is 1. The molecule has 26 heavy (non-hydrogen) atoms. The van der Waals surface area contributed by atoms with Gasteiger partial charge in [-0.25, -0.2) is 8.42 Å². The van der Waals surface area contributed by atoms with Crippen LogP contribution in [0.2, 0.25) is 5.02 Å². The number of fused-ring (bicyclic) bond motifs is 1. The van der Waals surface area contributed by atoms with E-state index in [1.807, 2.05) is 13.0 Å². The summed E-state index contributed by atoms with van der Waals surface area (Å²) in [5.41, 5.74) is 1.59. The molecule has 2 atom stereocenters. The number of benzene rings is 1. The molecule has 2 fully saturated rings. The zero-order valence-electron chi connectivity index (χ0n) is 13.9. The molecular formula is C16H17ClN2O5S2. The number of aliphatic imine (C=N–C) groups is 1. The fraction of sp³-hybridized carbons (Fsp3) is 0.438. The van der Waals surface area contributed by atoms with Gasteiger partial charge in [0.1, 0.15) is 0 Å². The van der Waals surface area contributed by atoms with E-state index in [-0.39, 0.29) is 35.6 Å². The maximum absolute atomic E-state index is 12.0. The number of carbonyl (C=O) groups excluding carboxylic acids is 1. The minimum atomic E-state index is -3.16. The number of amides is 1. The first kappa shape index (κ1) is 19.2. The lowest BCUT2D eigenvalue weighted by Crippen LogP contribution is -2.38. The number of hydrogen-bond donors (Lipinski definition) is 1. The number of carboxylic acids is 1. The van der Waals surface area contributed by atoms with Crippen molar-refractivity contribution in [2.24, 2.45) is 4.99 Å². The fourth-order valence-electron chi connectivity index (χ4n) is 3.06. The first-order chi connectivity index (χ1) is 12.2. The molecule has 1 N–H and O–H groups in total. The van der Waals surface area contributed by atoms with Gasteiger partial charge in [0.25, 0.3) is 0 Å². The number of carbonyl (C=O) groups is 2. The third kappa shape index (κ3) is 4.05. The first-order valence-corrected chi connectivity index (χ1v) is 11.0. The van der Waals surface area contributed by atoms with E-state index < -0.39 is 21.7 Å². The Morgan fingerprint density at radius 1 is 1.35 bits per heavy atom. The summed E-state index contributed by atoms with van der Waals surface area (Å²) in [5, 5.41) is 9.39. The molecule has 0 saturated carbocycles. The topological polar surface area (TPSA) is 104 Å². The smallest absolute Gasteiger partial charge is 0.303 e. The van der Waals surface area contributed by atoms with Gasteiger partial charge in [-0.2, -0.15) is 4.99 Å². The Morgan fingerprint density at radius 2 is 2.08 bits per heavy atom. The lowest BCUT2D eigenvalue weighted by molar-refractivity contribution is -0.138. The molecule has 1 aromatic carbocycles. The Kier molecular flexibility index (Phi) is 5.32. The normalized spacial score (nSPS) is 25.5.